The van der Waals surface area contributed by atoms with Gasteiger partial charge in [0, 0.05) is 5.39 Å². The van der Waals surface area contributed by atoms with Gasteiger partial charge in [-0.15, -0.1) is 0 Å². The first kappa shape index (κ1) is 15.1. The van der Waals surface area contributed by atoms with Crippen molar-refractivity contribution in [1.29, 1.82) is 0 Å². The molecule has 0 saturated carbocycles. The molecule has 1 N–H and O–H groups in total. The summed E-state index contributed by atoms with van der Waals surface area (Å²) in [5.74, 6) is -0.894. The van der Waals surface area contributed by atoms with E-state index < -0.39 is 5.97 Å². The third-order valence-electron chi connectivity index (χ3n) is 3.88. The zero-order valence-electron chi connectivity index (χ0n) is 10.9. The monoisotopic (exact) mass is 267 g/mol. The number of fused-ring (bicyclic) bond motifs is 1. The minimum atomic E-state index is -0.894. The maximum atomic E-state index is 11.0. The van der Waals surface area contributed by atoms with Gasteiger partial charge in [-0.25, -0.2) is 4.79 Å². The number of carboxylic acid groups (broad SMARTS) is 1. The van der Waals surface area contributed by atoms with Crippen LogP contribution in [0.2, 0.25) is 0 Å². The van der Waals surface area contributed by atoms with Crippen LogP contribution in [0.15, 0.2) is 24.4 Å². The van der Waals surface area contributed by atoms with E-state index in [4.69, 9.17) is 5.11 Å². The van der Waals surface area contributed by atoms with Crippen molar-refractivity contribution in [2.45, 2.75) is 18.9 Å². The number of hydrogen-bond acceptors (Lipinski definition) is 3. The summed E-state index contributed by atoms with van der Waals surface area (Å²) in [6.45, 7) is 2.17. The van der Waals surface area contributed by atoms with E-state index in [-0.39, 0.29) is 18.9 Å². The first-order valence-electron chi connectivity index (χ1n) is 6.54. The zero-order valence-corrected chi connectivity index (χ0v) is 10.9. The number of carbonyl (C=O) groups is 1. The molecule has 0 spiro atoms. The Hall–Kier alpha value is -1.28. The average Bonchev–Trinajstić information content (AvgIpc) is 2.82. The molecule has 3 rings (SSSR count). The molecule has 1 aromatic carbocycles. The van der Waals surface area contributed by atoms with E-state index in [2.05, 4.69) is 17.0 Å². The van der Waals surface area contributed by atoms with Crippen LogP contribution in [0, 0.1) is 0 Å². The van der Waals surface area contributed by atoms with Crippen molar-refractivity contribution in [1.82, 2.24) is 14.7 Å². The molecule has 102 valence electrons. The zero-order chi connectivity index (χ0) is 13.4. The van der Waals surface area contributed by atoms with Crippen LogP contribution in [0.5, 0.6) is 0 Å². The molecule has 1 aliphatic rings. The third kappa shape index (κ3) is 2.75. The molecule has 1 fully saturated rings. The van der Waals surface area contributed by atoms with Crippen LogP contribution in [0.4, 0.5) is 0 Å². The molecule has 0 aliphatic carbocycles. The number of aromatic nitrogens is 2. The van der Waals surface area contributed by atoms with E-state index in [1.165, 1.54) is 0 Å². The van der Waals surface area contributed by atoms with Crippen molar-refractivity contribution in [2.24, 2.45) is 0 Å². The Bertz CT molecular complexity index is 618. The second-order valence-corrected chi connectivity index (χ2v) is 5.20. The number of piperidine rings is 1. The van der Waals surface area contributed by atoms with Gasteiger partial charge in [0.15, 0.2) is 0 Å². The molecule has 1 saturated heterocycles. The van der Waals surface area contributed by atoms with Crippen LogP contribution in [-0.2, 0) is 0 Å². The van der Waals surface area contributed by atoms with Gasteiger partial charge in [-0.2, -0.15) is 5.10 Å². The first-order valence-corrected chi connectivity index (χ1v) is 6.54. The standard InChI is InChI=1S/C14H17N3O2.Li.H/c1-16-6-4-12(5-7-16)17-13-3-2-10(14(18)19)8-11(13)9-15-17;;/h2-3,8-9,12H,4-7H2,1H3,(H,18,19);;. The fourth-order valence-electron chi connectivity index (χ4n) is 2.72. The van der Waals surface area contributed by atoms with Gasteiger partial charge in [0.2, 0.25) is 0 Å². The summed E-state index contributed by atoms with van der Waals surface area (Å²) >= 11 is 0. The quantitative estimate of drug-likeness (QED) is 0.834. The third-order valence-corrected chi connectivity index (χ3v) is 3.88. The molecule has 5 nitrogen and oxygen atoms in total. The number of likely N-dealkylation sites (tertiary alicyclic amines) is 1. The fourth-order valence-corrected chi connectivity index (χ4v) is 2.72. The van der Waals surface area contributed by atoms with Crippen molar-refractivity contribution in [3.63, 3.8) is 0 Å². The van der Waals surface area contributed by atoms with E-state index in [9.17, 15) is 4.79 Å². The Kier molecular flexibility index (Phi) is 4.54. The van der Waals surface area contributed by atoms with E-state index in [0.29, 0.717) is 11.6 Å². The molecule has 0 radical (unpaired) electrons. The second kappa shape index (κ2) is 6.00. The molecule has 2 heterocycles. The predicted octanol–water partition coefficient (Wildman–Crippen LogP) is 1.35. The summed E-state index contributed by atoms with van der Waals surface area (Å²) in [4.78, 5) is 13.3. The molecule has 6 heteroatoms. The van der Waals surface area contributed by atoms with Crippen LogP contribution in [0.1, 0.15) is 29.2 Å². The van der Waals surface area contributed by atoms with E-state index in [0.717, 1.165) is 36.8 Å². The van der Waals surface area contributed by atoms with E-state index in [1.54, 1.807) is 18.3 Å². The van der Waals surface area contributed by atoms with Crippen molar-refractivity contribution in [3.05, 3.63) is 30.0 Å². The Balaban J connectivity index is 0.00000147. The SMILES string of the molecule is CN1CCC(n2ncc3cc(C(=O)O)ccc32)CC1.[LiH]. The molecule has 0 bridgehead atoms. The summed E-state index contributed by atoms with van der Waals surface area (Å²) in [5, 5.41) is 14.3. The van der Waals surface area contributed by atoms with Gasteiger partial charge in [0.1, 0.15) is 0 Å². The maximum absolute atomic E-state index is 11.0. The Morgan fingerprint density at radius 2 is 2.05 bits per heavy atom. The molecule has 0 unspecified atom stereocenters. The fraction of sp³-hybridized carbons (Fsp3) is 0.429. The van der Waals surface area contributed by atoms with Gasteiger partial charge in [-0.1, -0.05) is 0 Å². The van der Waals surface area contributed by atoms with Crippen molar-refractivity contribution in [2.75, 3.05) is 20.1 Å². The molecule has 1 aromatic heterocycles. The van der Waals surface area contributed by atoms with Gasteiger partial charge in [-0.05, 0) is 51.2 Å². The van der Waals surface area contributed by atoms with Crippen molar-refractivity contribution >= 4 is 35.7 Å². The number of rotatable bonds is 2. The molecule has 0 atom stereocenters. The van der Waals surface area contributed by atoms with E-state index >= 15 is 0 Å². The van der Waals surface area contributed by atoms with Gasteiger partial charge in [0.05, 0.1) is 23.3 Å². The van der Waals surface area contributed by atoms with Crippen LogP contribution >= 0.6 is 0 Å². The number of nitrogens with zero attached hydrogens (tertiary/aromatic N) is 3. The van der Waals surface area contributed by atoms with Crippen LogP contribution in [-0.4, -0.2) is 64.8 Å². The van der Waals surface area contributed by atoms with Gasteiger partial charge in [-0.3, -0.25) is 4.68 Å². The Morgan fingerprint density at radius 1 is 1.35 bits per heavy atom. The molecule has 1 aliphatic heterocycles. The summed E-state index contributed by atoms with van der Waals surface area (Å²) in [6.07, 6.45) is 3.95. The van der Waals surface area contributed by atoms with Crippen molar-refractivity contribution in [3.8, 4) is 0 Å². The number of carboxylic acids is 1. The van der Waals surface area contributed by atoms with Gasteiger partial charge in [0.25, 0.3) is 0 Å². The second-order valence-electron chi connectivity index (χ2n) is 5.20. The normalized spacial score (nSPS) is 17.1. The van der Waals surface area contributed by atoms with Crippen LogP contribution < -0.4 is 0 Å². The van der Waals surface area contributed by atoms with Gasteiger partial charge >= 0.3 is 24.8 Å². The summed E-state index contributed by atoms with van der Waals surface area (Å²) in [6, 6.07) is 5.63. The molecular formula is C14H18LiN3O2. The van der Waals surface area contributed by atoms with E-state index in [1.807, 2.05) is 10.7 Å². The molecule has 0 amide bonds. The Morgan fingerprint density at radius 3 is 2.70 bits per heavy atom. The molecule has 20 heavy (non-hydrogen) atoms. The van der Waals surface area contributed by atoms with Crippen LogP contribution in [0.25, 0.3) is 10.9 Å². The molecule has 2 aromatic rings. The number of aromatic carboxylic acids is 1. The van der Waals surface area contributed by atoms with Gasteiger partial charge < -0.3 is 10.0 Å². The van der Waals surface area contributed by atoms with Crippen LogP contribution in [0.3, 0.4) is 0 Å². The topological polar surface area (TPSA) is 58.4 Å². The predicted molar refractivity (Wildman–Crippen MR) is 79.6 cm³/mol. The number of benzene rings is 1. The number of hydrogen-bond donors (Lipinski definition) is 1. The summed E-state index contributed by atoms with van der Waals surface area (Å²) in [7, 11) is 2.14. The summed E-state index contributed by atoms with van der Waals surface area (Å²) in [5.41, 5.74) is 1.34. The average molecular weight is 267 g/mol. The summed E-state index contributed by atoms with van der Waals surface area (Å²) < 4.78 is 2.05. The minimum absolute atomic E-state index is 0. The van der Waals surface area contributed by atoms with Crippen molar-refractivity contribution < 1.29 is 9.90 Å². The first-order chi connectivity index (χ1) is 9.15. The Labute approximate surface area is 129 Å². The molecular weight excluding hydrogens is 249 g/mol.